The van der Waals surface area contributed by atoms with Crippen LogP contribution in [0.3, 0.4) is 0 Å². The Balaban J connectivity index is 1.48. The topological polar surface area (TPSA) is 115 Å². The van der Waals surface area contributed by atoms with E-state index in [4.69, 9.17) is 0 Å². The second-order valence-corrected chi connectivity index (χ2v) is 11.4. The lowest BCUT2D eigenvalue weighted by Gasteiger charge is -2.53. The number of nitrogens with zero attached hydrogens (tertiary/aromatic N) is 4. The Morgan fingerprint density at radius 1 is 1.15 bits per heavy atom. The monoisotopic (exact) mass is 540 g/mol. The van der Waals surface area contributed by atoms with E-state index in [-0.39, 0.29) is 12.1 Å². The predicted molar refractivity (Wildman–Crippen MR) is 139 cm³/mol. The molecule has 11 heteroatoms. The number of fused-ring (bicyclic) bond motifs is 4. The second kappa shape index (κ2) is 9.83. The highest BCUT2D eigenvalue weighted by Crippen LogP contribution is 2.56. The number of rotatable bonds is 8. The van der Waals surface area contributed by atoms with Gasteiger partial charge in [0.1, 0.15) is 12.2 Å². The quantitative estimate of drug-likeness (QED) is 0.375. The van der Waals surface area contributed by atoms with Crippen molar-refractivity contribution in [3.05, 3.63) is 47.8 Å². The zero-order valence-corrected chi connectivity index (χ0v) is 21.8. The van der Waals surface area contributed by atoms with Crippen molar-refractivity contribution in [2.45, 2.75) is 76.1 Å². The van der Waals surface area contributed by atoms with Crippen molar-refractivity contribution in [3.63, 3.8) is 0 Å². The van der Waals surface area contributed by atoms with Gasteiger partial charge in [0, 0.05) is 17.2 Å². The number of halogens is 3. The Bertz CT molecular complexity index is 1420. The zero-order valence-electron chi connectivity index (χ0n) is 21.8. The molecule has 6 rings (SSSR count). The molecule has 8 nitrogen and oxygen atoms in total. The highest BCUT2D eigenvalue weighted by Gasteiger charge is 2.53. The first kappa shape index (κ1) is 26.9. The van der Waals surface area contributed by atoms with E-state index in [1.807, 2.05) is 12.1 Å². The summed E-state index contributed by atoms with van der Waals surface area (Å²) in [6.07, 6.45) is 1.67. The number of carbonyl (C=O) groups excluding carboxylic acids is 1. The third kappa shape index (κ3) is 5.05. The van der Waals surface area contributed by atoms with Gasteiger partial charge in [-0.25, -0.2) is 17.7 Å². The van der Waals surface area contributed by atoms with Gasteiger partial charge < -0.3 is 15.7 Å². The first-order valence-corrected chi connectivity index (χ1v) is 13.0. The summed E-state index contributed by atoms with van der Waals surface area (Å²) in [4.78, 5) is 17.7. The van der Waals surface area contributed by atoms with Crippen molar-refractivity contribution in [1.29, 1.82) is 5.26 Å². The average molecular weight is 541 g/mol. The number of anilines is 1. The molecule has 0 saturated heterocycles. The van der Waals surface area contributed by atoms with Crippen LogP contribution in [0.25, 0.3) is 16.9 Å². The van der Waals surface area contributed by atoms with Crippen LogP contribution in [0.2, 0.25) is 0 Å². The smallest absolute Gasteiger partial charge is 0.255 e. The third-order valence-electron chi connectivity index (χ3n) is 8.42. The Morgan fingerprint density at radius 2 is 1.85 bits per heavy atom. The molecule has 2 bridgehead atoms. The molecule has 0 spiro atoms. The SMILES string of the molecule is CC(C)(O)[C@H](F)CNC(=O)c1cnc(-c2ccc3cc(C#N)cnn23)cc1NC12CCC(C(F)F)(CC1)CC2. The van der Waals surface area contributed by atoms with Gasteiger partial charge in [0.2, 0.25) is 6.43 Å². The van der Waals surface area contributed by atoms with E-state index in [0.717, 1.165) is 0 Å². The summed E-state index contributed by atoms with van der Waals surface area (Å²) in [6.45, 7) is 2.26. The number of aliphatic hydroxyl groups is 1. The van der Waals surface area contributed by atoms with Crippen LogP contribution in [0, 0.1) is 16.7 Å². The molecule has 3 aliphatic carbocycles. The van der Waals surface area contributed by atoms with Crippen molar-refractivity contribution in [3.8, 4) is 17.5 Å². The normalized spacial score (nSPS) is 23.5. The summed E-state index contributed by atoms with van der Waals surface area (Å²) < 4.78 is 43.6. The average Bonchev–Trinajstić information content (AvgIpc) is 3.35. The van der Waals surface area contributed by atoms with Gasteiger partial charge in [0.25, 0.3) is 5.91 Å². The van der Waals surface area contributed by atoms with E-state index in [1.54, 1.807) is 16.6 Å². The number of nitrogens with one attached hydrogen (secondary N) is 2. The van der Waals surface area contributed by atoms with E-state index in [9.17, 15) is 28.3 Å². The van der Waals surface area contributed by atoms with Crippen LogP contribution < -0.4 is 10.6 Å². The molecule has 1 amide bonds. The van der Waals surface area contributed by atoms with Crippen molar-refractivity contribution in [2.24, 2.45) is 5.41 Å². The summed E-state index contributed by atoms with van der Waals surface area (Å²) in [7, 11) is 0. The number of hydrogen-bond donors (Lipinski definition) is 3. The Labute approximate surface area is 224 Å². The molecule has 3 saturated carbocycles. The van der Waals surface area contributed by atoms with Gasteiger partial charge in [-0.3, -0.25) is 9.78 Å². The molecule has 0 aromatic carbocycles. The van der Waals surface area contributed by atoms with Crippen LogP contribution in [0.1, 0.15) is 68.3 Å². The van der Waals surface area contributed by atoms with Crippen LogP contribution in [0.15, 0.2) is 36.7 Å². The van der Waals surface area contributed by atoms with Crippen LogP contribution in [0.4, 0.5) is 18.9 Å². The number of aromatic nitrogens is 3. The minimum Gasteiger partial charge on any atom is -0.387 e. The lowest BCUT2D eigenvalue weighted by molar-refractivity contribution is -0.0779. The summed E-state index contributed by atoms with van der Waals surface area (Å²) in [5, 5.41) is 29.5. The van der Waals surface area contributed by atoms with Crippen LogP contribution in [-0.2, 0) is 0 Å². The molecular formula is C28H31F3N6O2. The molecule has 3 heterocycles. The molecule has 3 fully saturated rings. The van der Waals surface area contributed by atoms with Crippen molar-refractivity contribution in [2.75, 3.05) is 11.9 Å². The first-order chi connectivity index (χ1) is 18.5. The van der Waals surface area contributed by atoms with Gasteiger partial charge in [0.15, 0.2) is 0 Å². The van der Waals surface area contributed by atoms with E-state index < -0.39 is 35.1 Å². The predicted octanol–water partition coefficient (Wildman–Crippen LogP) is 4.88. The standard InChI is InChI=1S/C28H31F3N6O2/c1-26(2,39)23(29)16-34-24(38)19-15-33-21(22-4-3-18-11-17(13-32)14-35-37(18)22)12-20(19)36-28-8-5-27(6-9-28,7-10-28)25(30)31/h3-4,11-12,14-15,23,25,39H,5-10,16H2,1-2H3,(H,33,36)(H,34,38)/t23-,27?,28?/m1/s1. The van der Waals surface area contributed by atoms with Crippen LogP contribution in [-0.4, -0.2) is 55.9 Å². The van der Waals surface area contributed by atoms with E-state index in [1.165, 1.54) is 26.2 Å². The van der Waals surface area contributed by atoms with Gasteiger partial charge in [0.05, 0.1) is 52.1 Å². The largest absolute Gasteiger partial charge is 0.387 e. The van der Waals surface area contributed by atoms with Crippen molar-refractivity contribution in [1.82, 2.24) is 19.9 Å². The summed E-state index contributed by atoms with van der Waals surface area (Å²) in [5.41, 5.74) is -0.0810. The minimum absolute atomic E-state index is 0.188. The van der Waals surface area contributed by atoms with E-state index in [2.05, 4.69) is 26.8 Å². The molecule has 0 aliphatic heterocycles. The maximum Gasteiger partial charge on any atom is 0.255 e. The second-order valence-electron chi connectivity index (χ2n) is 11.4. The van der Waals surface area contributed by atoms with Gasteiger partial charge in [-0.05, 0) is 76.6 Å². The Morgan fingerprint density at radius 3 is 2.46 bits per heavy atom. The molecule has 206 valence electrons. The van der Waals surface area contributed by atoms with Gasteiger partial charge >= 0.3 is 0 Å². The fourth-order valence-electron chi connectivity index (χ4n) is 5.68. The highest BCUT2D eigenvalue weighted by molar-refractivity contribution is 6.00. The van der Waals surface area contributed by atoms with Gasteiger partial charge in [-0.1, -0.05) is 0 Å². The summed E-state index contributed by atoms with van der Waals surface area (Å²) >= 11 is 0. The van der Waals surface area contributed by atoms with Crippen molar-refractivity contribution < 1.29 is 23.1 Å². The highest BCUT2D eigenvalue weighted by atomic mass is 19.3. The number of hydrogen-bond acceptors (Lipinski definition) is 6. The number of alkyl halides is 3. The van der Waals surface area contributed by atoms with Crippen LogP contribution >= 0.6 is 0 Å². The van der Waals surface area contributed by atoms with E-state index >= 15 is 0 Å². The van der Waals surface area contributed by atoms with Gasteiger partial charge in [-0.2, -0.15) is 10.4 Å². The molecule has 3 aromatic heterocycles. The molecule has 3 aliphatic rings. The molecule has 0 unspecified atom stereocenters. The van der Waals surface area contributed by atoms with Gasteiger partial charge in [-0.15, -0.1) is 0 Å². The molecule has 3 aromatic rings. The number of amides is 1. The molecule has 39 heavy (non-hydrogen) atoms. The van der Waals surface area contributed by atoms with Crippen LogP contribution in [0.5, 0.6) is 0 Å². The summed E-state index contributed by atoms with van der Waals surface area (Å²) in [5.74, 6) is -0.565. The molecule has 1 atom stereocenters. The minimum atomic E-state index is -2.36. The number of nitriles is 1. The molecule has 3 N–H and O–H groups in total. The first-order valence-electron chi connectivity index (χ1n) is 13.0. The molecular weight excluding hydrogens is 509 g/mol. The third-order valence-corrected chi connectivity index (χ3v) is 8.42. The lowest BCUT2D eigenvalue weighted by atomic mass is 9.57. The summed E-state index contributed by atoms with van der Waals surface area (Å²) in [6, 6.07) is 9.10. The van der Waals surface area contributed by atoms with E-state index in [0.29, 0.717) is 66.7 Å². The number of pyridine rings is 1. The fourth-order valence-corrected chi connectivity index (χ4v) is 5.68. The maximum atomic E-state index is 14.3. The maximum absolute atomic E-state index is 14.3. The van der Waals surface area contributed by atoms with Crippen molar-refractivity contribution >= 4 is 17.1 Å². The number of carbonyl (C=O) groups is 1. The fraction of sp³-hybridized carbons (Fsp3) is 0.500. The zero-order chi connectivity index (χ0) is 28.0. The Hall–Kier alpha value is -3.65. The lowest BCUT2D eigenvalue weighted by Crippen LogP contribution is -2.53. The Kier molecular flexibility index (Phi) is 6.79. The molecule has 0 radical (unpaired) electrons.